The molecule has 0 unspecified atom stereocenters. The van der Waals surface area contributed by atoms with Crippen LogP contribution in [-0.2, 0) is 6.18 Å². The van der Waals surface area contributed by atoms with Crippen molar-refractivity contribution in [2.45, 2.75) is 31.9 Å². The summed E-state index contributed by atoms with van der Waals surface area (Å²) in [5.41, 5.74) is 0.644. The summed E-state index contributed by atoms with van der Waals surface area (Å²) in [4.78, 5) is 8.68. The van der Waals surface area contributed by atoms with E-state index >= 15 is 0 Å². The largest absolute Gasteiger partial charge is 0.416 e. The highest BCUT2D eigenvalue weighted by Crippen LogP contribution is 2.40. The number of benzene rings is 1. The average molecular weight is 352 g/mol. The van der Waals surface area contributed by atoms with Crippen molar-refractivity contribution < 1.29 is 18.3 Å². The topological polar surface area (TPSA) is 70.1 Å². The fourth-order valence-electron chi connectivity index (χ4n) is 2.58. The van der Waals surface area contributed by atoms with Crippen molar-refractivity contribution in [3.05, 3.63) is 41.1 Å². The molecule has 0 spiro atoms. The molecule has 0 atom stereocenters. The van der Waals surface area contributed by atoms with Crippen molar-refractivity contribution in [1.82, 2.24) is 9.97 Å². The van der Waals surface area contributed by atoms with Gasteiger partial charge in [-0.1, -0.05) is 6.07 Å². The number of alkyl halides is 3. The van der Waals surface area contributed by atoms with Crippen molar-refractivity contribution in [3.63, 3.8) is 0 Å². The number of halogens is 3. The predicted molar refractivity (Wildman–Crippen MR) is 89.0 cm³/mol. The van der Waals surface area contributed by atoms with Gasteiger partial charge in [-0.25, -0.2) is 4.98 Å². The van der Waals surface area contributed by atoms with Gasteiger partial charge in [0.1, 0.15) is 5.82 Å². The molecule has 25 heavy (non-hydrogen) atoms. The SMILES string of the molecule is Cc1c(Nc2cc(C3CC3)nc(NCCO)n2)cccc1C(F)(F)F. The first-order valence-corrected chi connectivity index (χ1v) is 8.06. The molecule has 3 N–H and O–H groups in total. The number of aliphatic hydroxyl groups is 1. The molecule has 0 aliphatic heterocycles. The zero-order valence-electron chi connectivity index (χ0n) is 13.7. The van der Waals surface area contributed by atoms with Gasteiger partial charge in [0.2, 0.25) is 5.95 Å². The van der Waals surface area contributed by atoms with E-state index in [1.165, 1.54) is 13.0 Å². The number of nitrogens with one attached hydrogen (secondary N) is 2. The predicted octanol–water partition coefficient (Wildman–Crippen LogP) is 3.83. The molecule has 1 saturated carbocycles. The Labute approximate surface area is 143 Å². The lowest BCUT2D eigenvalue weighted by molar-refractivity contribution is -0.138. The molecule has 0 amide bonds. The number of aliphatic hydroxyl groups excluding tert-OH is 1. The van der Waals surface area contributed by atoms with E-state index in [1.807, 2.05) is 0 Å². The Kier molecular flexibility index (Phi) is 4.80. The number of rotatable bonds is 6. The number of hydrogen-bond acceptors (Lipinski definition) is 5. The van der Waals surface area contributed by atoms with Crippen molar-refractivity contribution in [3.8, 4) is 0 Å². The number of nitrogens with zero attached hydrogens (tertiary/aromatic N) is 2. The molecule has 1 aromatic heterocycles. The van der Waals surface area contributed by atoms with Gasteiger partial charge >= 0.3 is 6.18 Å². The molecule has 5 nitrogen and oxygen atoms in total. The molecule has 0 bridgehead atoms. The number of hydrogen-bond donors (Lipinski definition) is 3. The van der Waals surface area contributed by atoms with Gasteiger partial charge in [0, 0.05) is 24.2 Å². The number of aromatic nitrogens is 2. The molecule has 1 fully saturated rings. The Hall–Kier alpha value is -2.35. The summed E-state index contributed by atoms with van der Waals surface area (Å²) in [6.07, 6.45) is -2.32. The summed E-state index contributed by atoms with van der Waals surface area (Å²) in [6, 6.07) is 5.78. The summed E-state index contributed by atoms with van der Waals surface area (Å²) in [6.45, 7) is 1.67. The molecular formula is C17H19F3N4O. The molecule has 1 aliphatic carbocycles. The van der Waals surface area contributed by atoms with Crippen molar-refractivity contribution in [2.75, 3.05) is 23.8 Å². The molecular weight excluding hydrogens is 333 g/mol. The fourth-order valence-corrected chi connectivity index (χ4v) is 2.58. The van der Waals surface area contributed by atoms with Crippen LogP contribution in [0.4, 0.5) is 30.6 Å². The molecule has 2 aromatic rings. The fraction of sp³-hybridized carbons (Fsp3) is 0.412. The van der Waals surface area contributed by atoms with Gasteiger partial charge < -0.3 is 15.7 Å². The smallest absolute Gasteiger partial charge is 0.395 e. The first-order valence-electron chi connectivity index (χ1n) is 8.06. The maximum atomic E-state index is 13.1. The maximum Gasteiger partial charge on any atom is 0.416 e. The van der Waals surface area contributed by atoms with Crippen LogP contribution >= 0.6 is 0 Å². The van der Waals surface area contributed by atoms with Gasteiger partial charge in [-0.05, 0) is 37.5 Å². The van der Waals surface area contributed by atoms with Crippen LogP contribution in [-0.4, -0.2) is 28.2 Å². The van der Waals surface area contributed by atoms with Gasteiger partial charge in [0.25, 0.3) is 0 Å². The summed E-state index contributed by atoms with van der Waals surface area (Å²) in [5.74, 6) is 1.14. The normalized spacial score (nSPS) is 14.4. The lowest BCUT2D eigenvalue weighted by Gasteiger charge is -2.16. The third-order valence-electron chi connectivity index (χ3n) is 4.04. The van der Waals surface area contributed by atoms with Gasteiger partial charge in [-0.15, -0.1) is 0 Å². The summed E-state index contributed by atoms with van der Waals surface area (Å²) in [5, 5.41) is 14.8. The van der Waals surface area contributed by atoms with Gasteiger partial charge in [0.15, 0.2) is 0 Å². The monoisotopic (exact) mass is 352 g/mol. The highest BCUT2D eigenvalue weighted by molar-refractivity contribution is 5.63. The summed E-state index contributed by atoms with van der Waals surface area (Å²) in [7, 11) is 0. The standard InChI is InChI=1S/C17H19F3N4O/c1-10-12(17(18,19)20)3-2-4-13(10)22-15-9-14(11-5-6-11)23-16(24-15)21-7-8-25/h2-4,9,11,25H,5-8H2,1H3,(H2,21,22,23,24). The second-order valence-electron chi connectivity index (χ2n) is 6.03. The van der Waals surface area contributed by atoms with E-state index in [4.69, 9.17) is 5.11 Å². The van der Waals surface area contributed by atoms with Crippen LogP contribution in [0.5, 0.6) is 0 Å². The van der Waals surface area contributed by atoms with E-state index in [-0.39, 0.29) is 12.2 Å². The van der Waals surface area contributed by atoms with Gasteiger partial charge in [0.05, 0.1) is 17.9 Å². The van der Waals surface area contributed by atoms with E-state index in [9.17, 15) is 13.2 Å². The van der Waals surface area contributed by atoms with Crippen LogP contribution < -0.4 is 10.6 Å². The van der Waals surface area contributed by atoms with E-state index in [1.54, 1.807) is 12.1 Å². The third kappa shape index (κ3) is 4.19. The Morgan fingerprint density at radius 2 is 2.00 bits per heavy atom. The van der Waals surface area contributed by atoms with E-state index in [0.717, 1.165) is 24.6 Å². The minimum absolute atomic E-state index is 0.0630. The van der Waals surface area contributed by atoms with Crippen LogP contribution in [0.2, 0.25) is 0 Å². The molecule has 1 heterocycles. The third-order valence-corrected chi connectivity index (χ3v) is 4.04. The van der Waals surface area contributed by atoms with Gasteiger partial charge in [-0.2, -0.15) is 18.2 Å². The van der Waals surface area contributed by atoms with Crippen LogP contribution in [0, 0.1) is 6.92 Å². The first-order chi connectivity index (χ1) is 11.9. The molecule has 1 aliphatic rings. The number of anilines is 3. The van der Waals surface area contributed by atoms with Crippen LogP contribution in [0.15, 0.2) is 24.3 Å². The maximum absolute atomic E-state index is 13.1. The van der Waals surface area contributed by atoms with E-state index < -0.39 is 11.7 Å². The average Bonchev–Trinajstić information content (AvgIpc) is 3.38. The Morgan fingerprint density at radius 1 is 1.24 bits per heavy atom. The Morgan fingerprint density at radius 3 is 2.64 bits per heavy atom. The van der Waals surface area contributed by atoms with Gasteiger partial charge in [-0.3, -0.25) is 0 Å². The Balaban J connectivity index is 1.91. The summed E-state index contributed by atoms with van der Waals surface area (Å²) >= 11 is 0. The Bertz CT molecular complexity index is 760. The molecule has 3 rings (SSSR count). The highest BCUT2D eigenvalue weighted by atomic mass is 19.4. The van der Waals surface area contributed by atoms with E-state index in [2.05, 4.69) is 20.6 Å². The lowest BCUT2D eigenvalue weighted by Crippen LogP contribution is -2.12. The van der Waals surface area contributed by atoms with Crippen LogP contribution in [0.1, 0.15) is 35.6 Å². The van der Waals surface area contributed by atoms with Crippen LogP contribution in [0.3, 0.4) is 0 Å². The zero-order chi connectivity index (χ0) is 18.0. The molecule has 8 heteroatoms. The lowest BCUT2D eigenvalue weighted by atomic mass is 10.1. The van der Waals surface area contributed by atoms with Crippen molar-refractivity contribution >= 4 is 17.5 Å². The summed E-state index contributed by atoms with van der Waals surface area (Å²) < 4.78 is 39.2. The van der Waals surface area contributed by atoms with Crippen LogP contribution in [0.25, 0.3) is 0 Å². The zero-order valence-corrected chi connectivity index (χ0v) is 13.7. The quantitative estimate of drug-likeness (QED) is 0.737. The molecule has 0 saturated heterocycles. The second-order valence-corrected chi connectivity index (χ2v) is 6.03. The highest BCUT2D eigenvalue weighted by Gasteiger charge is 2.33. The molecule has 0 radical (unpaired) electrons. The van der Waals surface area contributed by atoms with Crippen molar-refractivity contribution in [1.29, 1.82) is 0 Å². The molecule has 134 valence electrons. The van der Waals surface area contributed by atoms with E-state index in [0.29, 0.717) is 29.9 Å². The second kappa shape index (κ2) is 6.87. The van der Waals surface area contributed by atoms with Crippen molar-refractivity contribution in [2.24, 2.45) is 0 Å². The first kappa shape index (κ1) is 17.5. The minimum Gasteiger partial charge on any atom is -0.395 e. The minimum atomic E-state index is -4.40. The molecule has 1 aromatic carbocycles.